The average Bonchev–Trinajstić information content (AvgIpc) is 3.34. The zero-order valence-corrected chi connectivity index (χ0v) is 15.5. The molecule has 0 bridgehead atoms. The van der Waals surface area contributed by atoms with E-state index in [0.717, 1.165) is 17.7 Å². The minimum Gasteiger partial charge on any atom is -0.494 e. The van der Waals surface area contributed by atoms with E-state index in [1.807, 2.05) is 24.3 Å². The molecule has 1 unspecified atom stereocenters. The van der Waals surface area contributed by atoms with Crippen LogP contribution in [0.4, 0.5) is 10.1 Å². The van der Waals surface area contributed by atoms with Crippen LogP contribution < -0.4 is 9.64 Å². The molecule has 0 aliphatic carbocycles. The first-order valence-electron chi connectivity index (χ1n) is 9.27. The van der Waals surface area contributed by atoms with Crippen molar-refractivity contribution in [2.75, 3.05) is 18.1 Å². The zero-order valence-electron chi connectivity index (χ0n) is 15.5. The Kier molecular flexibility index (Phi) is 5.06. The minimum absolute atomic E-state index is 0.160. The van der Waals surface area contributed by atoms with E-state index in [1.165, 1.54) is 11.0 Å². The Labute approximate surface area is 161 Å². The second-order valence-corrected chi connectivity index (χ2v) is 6.69. The summed E-state index contributed by atoms with van der Waals surface area (Å²) in [6, 6.07) is 13.7. The molecule has 1 fully saturated rings. The molecular formula is C21H20FN3O3. The van der Waals surface area contributed by atoms with Crippen molar-refractivity contribution in [1.29, 1.82) is 0 Å². The Morgan fingerprint density at radius 3 is 2.75 bits per heavy atom. The monoisotopic (exact) mass is 381 g/mol. The SMILES string of the molecule is CCCOc1ccc(-c2noc(C3CC(=O)N(c4ccccc4F)C3)n2)cc1. The maximum atomic E-state index is 14.0. The van der Waals surface area contributed by atoms with Crippen LogP contribution in [0, 0.1) is 5.82 Å². The van der Waals surface area contributed by atoms with Crippen LogP contribution in [0.15, 0.2) is 53.1 Å². The maximum Gasteiger partial charge on any atom is 0.232 e. The van der Waals surface area contributed by atoms with Gasteiger partial charge in [0.15, 0.2) is 0 Å². The van der Waals surface area contributed by atoms with Gasteiger partial charge in [0.05, 0.1) is 18.2 Å². The van der Waals surface area contributed by atoms with Gasteiger partial charge in [-0.2, -0.15) is 4.98 Å². The van der Waals surface area contributed by atoms with E-state index in [9.17, 15) is 9.18 Å². The summed E-state index contributed by atoms with van der Waals surface area (Å²) in [6.45, 7) is 3.03. The van der Waals surface area contributed by atoms with Gasteiger partial charge in [-0.1, -0.05) is 24.2 Å². The molecule has 1 aliphatic rings. The number of aromatic nitrogens is 2. The van der Waals surface area contributed by atoms with Crippen molar-refractivity contribution >= 4 is 11.6 Å². The summed E-state index contributed by atoms with van der Waals surface area (Å²) >= 11 is 0. The van der Waals surface area contributed by atoms with Crippen molar-refractivity contribution in [3.05, 3.63) is 60.2 Å². The lowest BCUT2D eigenvalue weighted by molar-refractivity contribution is -0.117. The van der Waals surface area contributed by atoms with Crippen molar-refractivity contribution in [3.8, 4) is 17.1 Å². The molecule has 3 aromatic rings. The van der Waals surface area contributed by atoms with Crippen molar-refractivity contribution in [2.24, 2.45) is 0 Å². The topological polar surface area (TPSA) is 68.5 Å². The summed E-state index contributed by atoms with van der Waals surface area (Å²) < 4.78 is 25.0. The Morgan fingerprint density at radius 2 is 2.00 bits per heavy atom. The normalized spacial score (nSPS) is 16.6. The number of ether oxygens (including phenoxy) is 1. The summed E-state index contributed by atoms with van der Waals surface area (Å²) in [5.74, 6) is 0.777. The number of amides is 1. The number of benzene rings is 2. The van der Waals surface area contributed by atoms with E-state index in [2.05, 4.69) is 17.1 Å². The van der Waals surface area contributed by atoms with Crippen LogP contribution in [0.25, 0.3) is 11.4 Å². The van der Waals surface area contributed by atoms with Gasteiger partial charge in [-0.05, 0) is 42.8 Å². The van der Waals surface area contributed by atoms with E-state index < -0.39 is 5.82 Å². The van der Waals surface area contributed by atoms with Crippen LogP contribution in [0.2, 0.25) is 0 Å². The highest BCUT2D eigenvalue weighted by atomic mass is 19.1. The third-order valence-electron chi connectivity index (χ3n) is 4.64. The Bertz CT molecular complexity index is 971. The molecule has 1 aliphatic heterocycles. The molecule has 1 atom stereocenters. The van der Waals surface area contributed by atoms with E-state index in [4.69, 9.17) is 9.26 Å². The van der Waals surface area contributed by atoms with Crippen LogP contribution in [-0.2, 0) is 4.79 Å². The highest BCUT2D eigenvalue weighted by Gasteiger charge is 2.36. The smallest absolute Gasteiger partial charge is 0.232 e. The number of carbonyl (C=O) groups is 1. The molecule has 2 aromatic carbocycles. The molecule has 1 aromatic heterocycles. The number of hydrogen-bond donors (Lipinski definition) is 0. The molecular weight excluding hydrogens is 361 g/mol. The number of halogens is 1. The zero-order chi connectivity index (χ0) is 19.5. The van der Waals surface area contributed by atoms with Crippen LogP contribution in [0.1, 0.15) is 31.6 Å². The molecule has 0 radical (unpaired) electrons. The lowest BCUT2D eigenvalue weighted by atomic mass is 10.1. The second kappa shape index (κ2) is 7.80. The fraction of sp³-hybridized carbons (Fsp3) is 0.286. The van der Waals surface area contributed by atoms with Crippen LogP contribution in [-0.4, -0.2) is 29.2 Å². The fourth-order valence-corrected chi connectivity index (χ4v) is 3.21. The number of hydrogen-bond acceptors (Lipinski definition) is 5. The number of para-hydroxylation sites is 1. The molecule has 1 amide bonds. The first-order chi connectivity index (χ1) is 13.7. The van der Waals surface area contributed by atoms with Gasteiger partial charge in [-0.3, -0.25) is 4.79 Å². The Morgan fingerprint density at radius 1 is 1.21 bits per heavy atom. The molecule has 6 nitrogen and oxygen atoms in total. The Balaban J connectivity index is 1.49. The van der Waals surface area contributed by atoms with E-state index in [-0.39, 0.29) is 23.9 Å². The molecule has 4 rings (SSSR count). The minimum atomic E-state index is -0.423. The average molecular weight is 381 g/mol. The molecule has 7 heteroatoms. The summed E-state index contributed by atoms with van der Waals surface area (Å²) in [5.41, 5.74) is 1.08. The molecule has 1 saturated heterocycles. The van der Waals surface area contributed by atoms with E-state index in [1.54, 1.807) is 18.2 Å². The van der Waals surface area contributed by atoms with Crippen molar-refractivity contribution in [1.82, 2.24) is 10.1 Å². The highest BCUT2D eigenvalue weighted by molar-refractivity contribution is 5.96. The highest BCUT2D eigenvalue weighted by Crippen LogP contribution is 2.33. The summed E-state index contributed by atoms with van der Waals surface area (Å²) in [4.78, 5) is 18.2. The predicted octanol–water partition coefficient (Wildman–Crippen LogP) is 4.19. The van der Waals surface area contributed by atoms with Crippen LogP contribution in [0.3, 0.4) is 0 Å². The summed E-state index contributed by atoms with van der Waals surface area (Å²) in [7, 11) is 0. The van der Waals surface area contributed by atoms with E-state index in [0.29, 0.717) is 24.9 Å². The predicted molar refractivity (Wildman–Crippen MR) is 102 cm³/mol. The van der Waals surface area contributed by atoms with Gasteiger partial charge < -0.3 is 14.2 Å². The van der Waals surface area contributed by atoms with Crippen molar-refractivity contribution < 1.29 is 18.4 Å². The van der Waals surface area contributed by atoms with Crippen LogP contribution in [0.5, 0.6) is 5.75 Å². The Hall–Kier alpha value is -3.22. The van der Waals surface area contributed by atoms with Gasteiger partial charge in [0.1, 0.15) is 11.6 Å². The third kappa shape index (κ3) is 3.60. The number of carbonyl (C=O) groups excluding carboxylic acids is 1. The summed E-state index contributed by atoms with van der Waals surface area (Å²) in [5, 5.41) is 4.03. The molecule has 0 saturated carbocycles. The fourth-order valence-electron chi connectivity index (χ4n) is 3.21. The standard InChI is InChI=1S/C21H20FN3O3/c1-2-11-27-16-9-7-14(8-10-16)20-23-21(28-24-20)15-12-19(26)25(13-15)18-6-4-3-5-17(18)22/h3-10,15H,2,11-13H2,1H3. The molecule has 28 heavy (non-hydrogen) atoms. The van der Waals surface area contributed by atoms with Gasteiger partial charge in [0, 0.05) is 18.5 Å². The number of nitrogens with zero attached hydrogens (tertiary/aromatic N) is 3. The summed E-state index contributed by atoms with van der Waals surface area (Å²) in [6.07, 6.45) is 1.15. The first-order valence-corrected chi connectivity index (χ1v) is 9.27. The van der Waals surface area contributed by atoms with Gasteiger partial charge in [0.25, 0.3) is 0 Å². The van der Waals surface area contributed by atoms with Crippen molar-refractivity contribution in [3.63, 3.8) is 0 Å². The number of anilines is 1. The quantitative estimate of drug-likeness (QED) is 0.641. The molecule has 2 heterocycles. The first kappa shape index (κ1) is 18.2. The van der Waals surface area contributed by atoms with Gasteiger partial charge >= 0.3 is 0 Å². The van der Waals surface area contributed by atoms with E-state index >= 15 is 0 Å². The van der Waals surface area contributed by atoms with Gasteiger partial charge in [-0.15, -0.1) is 0 Å². The third-order valence-corrected chi connectivity index (χ3v) is 4.64. The largest absolute Gasteiger partial charge is 0.494 e. The molecule has 0 N–H and O–H groups in total. The van der Waals surface area contributed by atoms with Gasteiger partial charge in [-0.25, -0.2) is 4.39 Å². The second-order valence-electron chi connectivity index (χ2n) is 6.69. The lowest BCUT2D eigenvalue weighted by Gasteiger charge is -2.16. The lowest BCUT2D eigenvalue weighted by Crippen LogP contribution is -2.25. The van der Waals surface area contributed by atoms with Crippen molar-refractivity contribution in [2.45, 2.75) is 25.7 Å². The van der Waals surface area contributed by atoms with Crippen LogP contribution >= 0.6 is 0 Å². The molecule has 0 spiro atoms. The maximum absolute atomic E-state index is 14.0. The van der Waals surface area contributed by atoms with Gasteiger partial charge in [0.2, 0.25) is 17.6 Å². The molecule has 144 valence electrons. The number of rotatable bonds is 6.